The van der Waals surface area contributed by atoms with E-state index in [0.717, 1.165) is 18.8 Å². The first-order valence-corrected chi connectivity index (χ1v) is 20.2. The summed E-state index contributed by atoms with van der Waals surface area (Å²) in [6, 6.07) is 1.27. The fourth-order valence-electron chi connectivity index (χ4n) is 3.25. The number of halogens is 3. The van der Waals surface area contributed by atoms with Crippen molar-refractivity contribution < 1.29 is 4.74 Å². The lowest BCUT2D eigenvalue weighted by Gasteiger charge is -2.08. The Bertz CT molecular complexity index is 332. The van der Waals surface area contributed by atoms with Crippen LogP contribution in [-0.4, -0.2) is 17.1 Å². The second kappa shape index (κ2) is 20.6. The van der Waals surface area contributed by atoms with Crippen molar-refractivity contribution in [2.24, 2.45) is 0 Å². The van der Waals surface area contributed by atoms with Gasteiger partial charge >= 0.3 is 0 Å². The minimum atomic E-state index is -1.34. The van der Waals surface area contributed by atoms with Crippen LogP contribution in [0.4, 0.5) is 0 Å². The van der Waals surface area contributed by atoms with Crippen LogP contribution in [0, 0.1) is 0 Å². The van der Waals surface area contributed by atoms with Crippen molar-refractivity contribution in [2.75, 3.05) is 13.2 Å². The normalized spacial score (nSPS) is 11.9. The minimum Gasteiger partial charge on any atom is -0.377 e. The minimum absolute atomic E-state index is 0.730. The van der Waals surface area contributed by atoms with E-state index in [1.807, 2.05) is 6.92 Å². The van der Waals surface area contributed by atoms with E-state index in [2.05, 4.69) is 52.5 Å². The highest BCUT2D eigenvalue weighted by atomic mass is 80.0. The Hall–Kier alpha value is 1.36. The Balaban J connectivity index is 3.04. The van der Waals surface area contributed by atoms with Crippen LogP contribution >= 0.6 is 45.9 Å². The number of hydrogen-bond acceptors (Lipinski definition) is 1. The molecule has 0 spiro atoms. The number of rotatable bonds is 21. The van der Waals surface area contributed by atoms with Crippen molar-refractivity contribution in [1.29, 1.82) is 0 Å². The van der Waals surface area contributed by atoms with Crippen LogP contribution in [0.15, 0.2) is 12.2 Å². The van der Waals surface area contributed by atoms with Crippen LogP contribution in [0.1, 0.15) is 110 Å². The molecule has 0 bridgehead atoms. The van der Waals surface area contributed by atoms with Gasteiger partial charge in [0.25, 0.3) is 3.93 Å². The van der Waals surface area contributed by atoms with Gasteiger partial charge in [-0.25, -0.2) is 0 Å². The van der Waals surface area contributed by atoms with Crippen LogP contribution in [0.25, 0.3) is 0 Å². The van der Waals surface area contributed by atoms with Crippen molar-refractivity contribution in [3.05, 3.63) is 12.2 Å². The average Bonchev–Trinajstić information content (AvgIpc) is 2.58. The van der Waals surface area contributed by atoms with Crippen molar-refractivity contribution in [3.8, 4) is 0 Å². The van der Waals surface area contributed by atoms with Crippen molar-refractivity contribution in [2.45, 2.75) is 116 Å². The zero-order chi connectivity index (χ0) is 20.2. The molecule has 0 aromatic rings. The standard InChI is InChI=1S/C22H43Br3OSi/c1-22(2)21-26-19-17-15-13-11-9-7-5-3-4-6-8-10-12-14-16-18-20-27(23,24)25/h1,3-21H2,2H3. The fraction of sp³-hybridized carbons (Fsp3) is 0.909. The maximum atomic E-state index is 5.53. The summed E-state index contributed by atoms with van der Waals surface area (Å²) in [4.78, 5) is 0. The van der Waals surface area contributed by atoms with Gasteiger partial charge in [-0.1, -0.05) is 154 Å². The van der Waals surface area contributed by atoms with Gasteiger partial charge in [0.05, 0.1) is 6.61 Å². The molecule has 0 heterocycles. The van der Waals surface area contributed by atoms with Crippen LogP contribution in [0.3, 0.4) is 0 Å². The highest BCUT2D eigenvalue weighted by molar-refractivity contribution is 9.72. The van der Waals surface area contributed by atoms with Gasteiger partial charge in [-0.05, 0) is 19.4 Å². The van der Waals surface area contributed by atoms with Gasteiger partial charge in [-0.15, -0.1) is 0 Å². The van der Waals surface area contributed by atoms with E-state index in [1.165, 1.54) is 109 Å². The van der Waals surface area contributed by atoms with Crippen molar-refractivity contribution in [3.63, 3.8) is 0 Å². The SMILES string of the molecule is C=C(C)COCCCCCCCCCCCCCCCCCC[Si](Br)(Br)Br. The Kier molecular flexibility index (Phi) is 21.7. The molecule has 0 N–H and O–H groups in total. The number of unbranched alkanes of at least 4 members (excludes halogenated alkanes) is 15. The molecule has 0 saturated heterocycles. The lowest BCUT2D eigenvalue weighted by molar-refractivity contribution is 0.151. The molecule has 0 aliphatic rings. The van der Waals surface area contributed by atoms with Gasteiger partial charge in [0.2, 0.25) is 0 Å². The summed E-state index contributed by atoms with van der Waals surface area (Å²) in [5, 5.41) is 0. The molecule has 162 valence electrons. The zero-order valence-electron chi connectivity index (χ0n) is 17.7. The third-order valence-electron chi connectivity index (χ3n) is 4.85. The van der Waals surface area contributed by atoms with Crippen LogP contribution in [-0.2, 0) is 4.74 Å². The lowest BCUT2D eigenvalue weighted by Crippen LogP contribution is -2.04. The maximum Gasteiger partial charge on any atom is 0.267 e. The molecule has 0 fully saturated rings. The molecule has 0 radical (unpaired) electrons. The second-order valence-electron chi connectivity index (χ2n) is 8.03. The van der Waals surface area contributed by atoms with E-state index < -0.39 is 3.93 Å². The van der Waals surface area contributed by atoms with Crippen LogP contribution in [0.2, 0.25) is 6.04 Å². The summed E-state index contributed by atoms with van der Waals surface area (Å²) in [7, 11) is 0. The van der Waals surface area contributed by atoms with Gasteiger partial charge in [0, 0.05) is 6.61 Å². The molecular formula is C22H43Br3OSi. The molecule has 5 heteroatoms. The quantitative estimate of drug-likeness (QED) is 0.0559. The Morgan fingerprint density at radius 2 is 0.963 bits per heavy atom. The first-order valence-electron chi connectivity index (χ1n) is 11.2. The number of hydrogen-bond donors (Lipinski definition) is 0. The van der Waals surface area contributed by atoms with Gasteiger partial charge < -0.3 is 4.74 Å². The summed E-state index contributed by atoms with van der Waals surface area (Å²) < 4.78 is 4.19. The van der Waals surface area contributed by atoms with Crippen LogP contribution < -0.4 is 0 Å². The predicted molar refractivity (Wildman–Crippen MR) is 137 cm³/mol. The average molecular weight is 591 g/mol. The van der Waals surface area contributed by atoms with Crippen molar-refractivity contribution in [1.82, 2.24) is 0 Å². The molecule has 0 aromatic heterocycles. The summed E-state index contributed by atoms with van der Waals surface area (Å²) in [5.41, 5.74) is 1.12. The fourth-order valence-corrected chi connectivity index (χ4v) is 6.43. The Morgan fingerprint density at radius 3 is 1.30 bits per heavy atom. The van der Waals surface area contributed by atoms with Gasteiger partial charge in [0.15, 0.2) is 0 Å². The van der Waals surface area contributed by atoms with Gasteiger partial charge in [-0.2, -0.15) is 0 Å². The molecule has 0 atom stereocenters. The van der Waals surface area contributed by atoms with E-state index in [9.17, 15) is 0 Å². The molecule has 0 unspecified atom stereocenters. The maximum absolute atomic E-state index is 5.53. The monoisotopic (exact) mass is 588 g/mol. The lowest BCUT2D eigenvalue weighted by atomic mass is 10.0. The molecule has 27 heavy (non-hydrogen) atoms. The van der Waals surface area contributed by atoms with Gasteiger partial charge in [-0.3, -0.25) is 0 Å². The first-order chi connectivity index (χ1) is 12.9. The van der Waals surface area contributed by atoms with E-state index in [4.69, 9.17) is 4.74 Å². The van der Waals surface area contributed by atoms with E-state index in [-0.39, 0.29) is 0 Å². The third-order valence-corrected chi connectivity index (χ3v) is 9.34. The summed E-state index contributed by atoms with van der Waals surface area (Å²) >= 11 is 11.1. The largest absolute Gasteiger partial charge is 0.377 e. The topological polar surface area (TPSA) is 9.23 Å². The molecule has 0 amide bonds. The molecule has 0 aromatic carbocycles. The van der Waals surface area contributed by atoms with Crippen LogP contribution in [0.5, 0.6) is 0 Å². The molecule has 0 aliphatic heterocycles. The second-order valence-corrected chi connectivity index (χ2v) is 31.5. The molecular weight excluding hydrogens is 548 g/mol. The third kappa shape index (κ3) is 27.4. The molecule has 0 rings (SSSR count). The van der Waals surface area contributed by atoms with Gasteiger partial charge in [0.1, 0.15) is 0 Å². The van der Waals surface area contributed by atoms with Crippen molar-refractivity contribution >= 4 is 49.8 Å². The molecule has 0 aliphatic carbocycles. The Labute approximate surface area is 194 Å². The summed E-state index contributed by atoms with van der Waals surface area (Å²) in [6.45, 7) is 7.50. The smallest absolute Gasteiger partial charge is 0.267 e. The summed E-state index contributed by atoms with van der Waals surface area (Å²) in [5.74, 6) is 0. The van der Waals surface area contributed by atoms with E-state index in [0.29, 0.717) is 0 Å². The molecule has 1 nitrogen and oxygen atoms in total. The highest BCUT2D eigenvalue weighted by Crippen LogP contribution is 2.33. The molecule has 0 saturated carbocycles. The summed E-state index contributed by atoms with van der Waals surface area (Å²) in [6.07, 6.45) is 22.4. The predicted octanol–water partition coefficient (Wildman–Crippen LogP) is 9.94. The van der Waals surface area contributed by atoms with E-state index in [1.54, 1.807) is 0 Å². The zero-order valence-corrected chi connectivity index (χ0v) is 23.4. The van der Waals surface area contributed by atoms with E-state index >= 15 is 0 Å². The Morgan fingerprint density at radius 1 is 0.630 bits per heavy atom. The first kappa shape index (κ1) is 28.4. The highest BCUT2D eigenvalue weighted by Gasteiger charge is 2.20. The number of ether oxygens (including phenoxy) is 1.